The molecule has 1 aromatic carbocycles. The summed E-state index contributed by atoms with van der Waals surface area (Å²) in [6.07, 6.45) is -3.61. The van der Waals surface area contributed by atoms with Crippen molar-refractivity contribution in [2.75, 3.05) is 5.32 Å². The van der Waals surface area contributed by atoms with E-state index in [4.69, 9.17) is 0 Å². The third-order valence-electron chi connectivity index (χ3n) is 3.61. The molecular formula is C16H13F3N4O. The third-order valence-corrected chi connectivity index (χ3v) is 3.61. The maximum atomic E-state index is 13.7. The van der Waals surface area contributed by atoms with Crippen molar-refractivity contribution in [1.82, 2.24) is 10.3 Å². The van der Waals surface area contributed by atoms with Gasteiger partial charge in [0.2, 0.25) is 0 Å². The molecule has 3 rings (SSSR count). The van der Waals surface area contributed by atoms with Crippen LogP contribution in [0.3, 0.4) is 0 Å². The van der Waals surface area contributed by atoms with Crippen molar-refractivity contribution in [3.63, 3.8) is 0 Å². The lowest BCUT2D eigenvalue weighted by atomic mass is 10.1. The standard InChI is InChI=1S/C16H13F3N4O/c1-10-6-5-9-20-12(10)22-15(16(17,18)19)14(24)21-13(23-15)11-7-3-2-4-8-11/h2-9H,1H3,(H,20,22)(H,21,23,24)/t15-/m0/s1. The summed E-state index contributed by atoms with van der Waals surface area (Å²) in [5, 5.41) is 4.38. The predicted octanol–water partition coefficient (Wildman–Crippen LogP) is 2.64. The molecule has 1 aromatic heterocycles. The highest BCUT2D eigenvalue weighted by Crippen LogP contribution is 2.38. The lowest BCUT2D eigenvalue weighted by Gasteiger charge is -2.28. The van der Waals surface area contributed by atoms with Crippen molar-refractivity contribution in [2.24, 2.45) is 4.99 Å². The molecule has 0 unspecified atom stereocenters. The zero-order valence-electron chi connectivity index (χ0n) is 12.6. The summed E-state index contributed by atoms with van der Waals surface area (Å²) >= 11 is 0. The first-order chi connectivity index (χ1) is 11.3. The number of aryl methyl sites for hydroxylation is 1. The molecule has 5 nitrogen and oxygen atoms in total. The molecule has 8 heteroatoms. The zero-order chi connectivity index (χ0) is 17.4. The van der Waals surface area contributed by atoms with Crippen LogP contribution in [0.25, 0.3) is 0 Å². The second-order valence-corrected chi connectivity index (χ2v) is 5.28. The normalized spacial score (nSPS) is 20.5. The summed E-state index contributed by atoms with van der Waals surface area (Å²) in [6, 6.07) is 11.3. The first kappa shape index (κ1) is 16.0. The van der Waals surface area contributed by atoms with Gasteiger partial charge in [-0.05, 0) is 18.6 Å². The number of halogens is 3. The molecule has 24 heavy (non-hydrogen) atoms. The second-order valence-electron chi connectivity index (χ2n) is 5.28. The number of pyridine rings is 1. The number of anilines is 1. The summed E-state index contributed by atoms with van der Waals surface area (Å²) in [5.41, 5.74) is -2.26. The van der Waals surface area contributed by atoms with E-state index in [-0.39, 0.29) is 11.7 Å². The monoisotopic (exact) mass is 334 g/mol. The van der Waals surface area contributed by atoms with E-state index in [0.717, 1.165) is 0 Å². The summed E-state index contributed by atoms with van der Waals surface area (Å²) in [5.74, 6) is -1.49. The van der Waals surface area contributed by atoms with Crippen LogP contribution in [0.1, 0.15) is 11.1 Å². The van der Waals surface area contributed by atoms with Gasteiger partial charge in [-0.25, -0.2) is 9.98 Å². The van der Waals surface area contributed by atoms with Crippen LogP contribution in [0, 0.1) is 6.92 Å². The molecular weight excluding hydrogens is 321 g/mol. The van der Waals surface area contributed by atoms with Crippen LogP contribution in [0.4, 0.5) is 19.0 Å². The first-order valence-corrected chi connectivity index (χ1v) is 7.07. The third kappa shape index (κ3) is 2.60. The van der Waals surface area contributed by atoms with E-state index in [1.807, 2.05) is 0 Å². The minimum Gasteiger partial charge on any atom is -0.330 e. The van der Waals surface area contributed by atoms with Gasteiger partial charge >= 0.3 is 11.8 Å². The van der Waals surface area contributed by atoms with Crippen LogP contribution < -0.4 is 10.6 Å². The Morgan fingerprint density at radius 2 is 1.83 bits per heavy atom. The van der Waals surface area contributed by atoms with E-state index < -0.39 is 17.7 Å². The molecule has 1 amide bonds. The number of rotatable bonds is 3. The Hall–Kier alpha value is -2.90. The van der Waals surface area contributed by atoms with E-state index in [2.05, 4.69) is 20.6 Å². The second kappa shape index (κ2) is 5.63. The van der Waals surface area contributed by atoms with Gasteiger partial charge in [0, 0.05) is 11.8 Å². The van der Waals surface area contributed by atoms with Gasteiger partial charge in [0.1, 0.15) is 11.7 Å². The number of aliphatic imine (C=N–C) groups is 1. The minimum absolute atomic E-state index is 0.0527. The van der Waals surface area contributed by atoms with E-state index in [9.17, 15) is 18.0 Å². The molecule has 1 atom stereocenters. The molecule has 1 aliphatic rings. The molecule has 2 N–H and O–H groups in total. The van der Waals surface area contributed by atoms with Gasteiger partial charge in [-0.3, -0.25) is 4.79 Å². The Morgan fingerprint density at radius 1 is 1.12 bits per heavy atom. The number of carbonyl (C=O) groups excluding carboxylic acids is 1. The van der Waals surface area contributed by atoms with Crippen molar-refractivity contribution in [3.05, 3.63) is 59.8 Å². The van der Waals surface area contributed by atoms with Crippen molar-refractivity contribution >= 4 is 17.6 Å². The Morgan fingerprint density at radius 3 is 2.46 bits per heavy atom. The highest BCUT2D eigenvalue weighted by Gasteiger charge is 2.64. The molecule has 0 aliphatic carbocycles. The highest BCUT2D eigenvalue weighted by atomic mass is 19.4. The molecule has 0 saturated heterocycles. The Bertz CT molecular complexity index is 804. The van der Waals surface area contributed by atoms with Crippen LogP contribution in [-0.4, -0.2) is 28.6 Å². The van der Waals surface area contributed by atoms with Gasteiger partial charge in [-0.15, -0.1) is 0 Å². The Balaban J connectivity index is 2.08. The van der Waals surface area contributed by atoms with E-state index in [1.54, 1.807) is 49.4 Å². The fourth-order valence-electron chi connectivity index (χ4n) is 2.31. The lowest BCUT2D eigenvalue weighted by molar-refractivity contribution is -0.181. The van der Waals surface area contributed by atoms with Crippen LogP contribution in [0.5, 0.6) is 0 Å². The fourth-order valence-corrected chi connectivity index (χ4v) is 2.31. The van der Waals surface area contributed by atoms with Gasteiger partial charge in [0.15, 0.2) is 0 Å². The number of carbonyl (C=O) groups is 1. The average Bonchev–Trinajstić information content (AvgIpc) is 2.88. The minimum atomic E-state index is -4.95. The number of benzene rings is 1. The SMILES string of the molecule is Cc1cccnc1N[C@]1(C(F)(F)F)N=C(c2ccccc2)NC1=O. The summed E-state index contributed by atoms with van der Waals surface area (Å²) < 4.78 is 41.1. The molecule has 124 valence electrons. The van der Waals surface area contributed by atoms with Crippen molar-refractivity contribution in [2.45, 2.75) is 18.8 Å². The number of nitrogens with one attached hydrogen (secondary N) is 2. The zero-order valence-corrected chi connectivity index (χ0v) is 12.6. The number of amidine groups is 1. The Labute approximate surface area is 135 Å². The number of alkyl halides is 3. The number of aromatic nitrogens is 1. The molecule has 0 bridgehead atoms. The van der Waals surface area contributed by atoms with Gasteiger partial charge in [0.25, 0.3) is 5.91 Å². The molecule has 1 aliphatic heterocycles. The number of nitrogens with zero attached hydrogens (tertiary/aromatic N) is 2. The summed E-state index contributed by atoms with van der Waals surface area (Å²) in [4.78, 5) is 19.7. The van der Waals surface area contributed by atoms with Crippen LogP contribution >= 0.6 is 0 Å². The maximum absolute atomic E-state index is 13.7. The van der Waals surface area contributed by atoms with Crippen molar-refractivity contribution in [1.29, 1.82) is 0 Å². The predicted molar refractivity (Wildman–Crippen MR) is 82.5 cm³/mol. The Kier molecular flexibility index (Phi) is 3.75. The van der Waals surface area contributed by atoms with E-state index >= 15 is 0 Å². The molecule has 0 saturated carbocycles. The van der Waals surface area contributed by atoms with Gasteiger partial charge in [-0.1, -0.05) is 36.4 Å². The van der Waals surface area contributed by atoms with E-state index in [1.165, 1.54) is 6.20 Å². The highest BCUT2D eigenvalue weighted by molar-refractivity contribution is 6.16. The summed E-state index contributed by atoms with van der Waals surface area (Å²) in [6.45, 7) is 1.59. The number of amides is 1. The van der Waals surface area contributed by atoms with Crippen molar-refractivity contribution < 1.29 is 18.0 Å². The fraction of sp³-hybridized carbons (Fsp3) is 0.188. The first-order valence-electron chi connectivity index (χ1n) is 7.07. The van der Waals surface area contributed by atoms with Crippen LogP contribution in [-0.2, 0) is 4.79 Å². The largest absolute Gasteiger partial charge is 0.442 e. The maximum Gasteiger partial charge on any atom is 0.442 e. The number of hydrogen-bond acceptors (Lipinski definition) is 4. The van der Waals surface area contributed by atoms with Gasteiger partial charge in [0.05, 0.1) is 0 Å². The van der Waals surface area contributed by atoms with Gasteiger partial charge in [-0.2, -0.15) is 13.2 Å². The van der Waals surface area contributed by atoms with Gasteiger partial charge < -0.3 is 10.6 Å². The lowest BCUT2D eigenvalue weighted by Crippen LogP contribution is -2.57. The summed E-state index contributed by atoms with van der Waals surface area (Å²) in [7, 11) is 0. The van der Waals surface area contributed by atoms with Crippen LogP contribution in [0.15, 0.2) is 53.7 Å². The molecule has 2 aromatic rings. The van der Waals surface area contributed by atoms with E-state index in [0.29, 0.717) is 11.1 Å². The number of hydrogen-bond donors (Lipinski definition) is 2. The molecule has 2 heterocycles. The quantitative estimate of drug-likeness (QED) is 0.907. The molecule has 0 fully saturated rings. The molecule has 0 spiro atoms. The topological polar surface area (TPSA) is 66.4 Å². The molecule has 0 radical (unpaired) electrons. The van der Waals surface area contributed by atoms with Crippen molar-refractivity contribution in [3.8, 4) is 0 Å². The average molecular weight is 334 g/mol. The smallest absolute Gasteiger partial charge is 0.330 e. The van der Waals surface area contributed by atoms with Crippen LogP contribution in [0.2, 0.25) is 0 Å².